The van der Waals surface area contributed by atoms with E-state index < -0.39 is 22.2 Å². The van der Waals surface area contributed by atoms with Gasteiger partial charge in [0.2, 0.25) is 0 Å². The zero-order chi connectivity index (χ0) is 14.2. The van der Waals surface area contributed by atoms with Crippen molar-refractivity contribution in [2.75, 3.05) is 0 Å². The minimum absolute atomic E-state index is 0.0448. The van der Waals surface area contributed by atoms with Gasteiger partial charge in [0.05, 0.1) is 12.1 Å². The van der Waals surface area contributed by atoms with Gasteiger partial charge in [0.15, 0.2) is 5.03 Å². The Labute approximate surface area is 117 Å². The normalized spacial score (nSPS) is 21.6. The van der Waals surface area contributed by atoms with Crippen LogP contribution in [0.5, 0.6) is 0 Å². The number of aliphatic hydroxyl groups is 1. The molecule has 0 spiro atoms. The van der Waals surface area contributed by atoms with Crippen LogP contribution in [0.3, 0.4) is 0 Å². The quantitative estimate of drug-likeness (QED) is 0.884. The molecule has 0 radical (unpaired) electrons. The van der Waals surface area contributed by atoms with Crippen LogP contribution in [0, 0.1) is 0 Å². The van der Waals surface area contributed by atoms with Gasteiger partial charge in [-0.15, -0.1) is 0 Å². The molecule has 1 heterocycles. The molecule has 0 aliphatic heterocycles. The number of nitrogens with zero attached hydrogens (tertiary/aromatic N) is 1. The van der Waals surface area contributed by atoms with Crippen molar-refractivity contribution in [2.45, 2.75) is 23.6 Å². The second-order valence-electron chi connectivity index (χ2n) is 4.74. The van der Waals surface area contributed by atoms with Crippen molar-refractivity contribution in [3.8, 4) is 0 Å². The number of aliphatic hydroxyl groups excluding tert-OH is 1. The van der Waals surface area contributed by atoms with E-state index in [9.17, 15) is 13.5 Å². The van der Waals surface area contributed by atoms with Gasteiger partial charge in [0.1, 0.15) is 0 Å². The van der Waals surface area contributed by atoms with Crippen molar-refractivity contribution >= 4 is 10.0 Å². The zero-order valence-electron chi connectivity index (χ0n) is 10.6. The topological polar surface area (TPSA) is 79.3 Å². The first-order valence-corrected chi connectivity index (χ1v) is 7.75. The molecular weight excluding hydrogens is 276 g/mol. The number of benzene rings is 1. The van der Waals surface area contributed by atoms with E-state index in [0.29, 0.717) is 6.42 Å². The third-order valence-electron chi connectivity index (χ3n) is 3.40. The van der Waals surface area contributed by atoms with E-state index in [2.05, 4.69) is 9.71 Å². The number of sulfonamides is 1. The van der Waals surface area contributed by atoms with Gasteiger partial charge < -0.3 is 5.11 Å². The molecule has 1 aromatic heterocycles. The maximum Gasteiger partial charge on any atom is 0.258 e. The van der Waals surface area contributed by atoms with Gasteiger partial charge in [-0.25, -0.2) is 13.4 Å². The SMILES string of the molecule is O=S(=O)(N[C@H]1c2ccccc2C[C@H]1O)c1ccccn1. The number of hydrogen-bond donors (Lipinski definition) is 2. The molecule has 5 nitrogen and oxygen atoms in total. The van der Waals surface area contributed by atoms with Gasteiger partial charge in [0, 0.05) is 12.6 Å². The molecule has 1 aromatic carbocycles. The molecule has 0 saturated heterocycles. The highest BCUT2D eigenvalue weighted by atomic mass is 32.2. The summed E-state index contributed by atoms with van der Waals surface area (Å²) in [6.07, 6.45) is 1.12. The number of fused-ring (bicyclic) bond motifs is 1. The minimum Gasteiger partial charge on any atom is -0.391 e. The van der Waals surface area contributed by atoms with E-state index in [0.717, 1.165) is 11.1 Å². The van der Waals surface area contributed by atoms with Gasteiger partial charge >= 0.3 is 0 Å². The van der Waals surface area contributed by atoms with E-state index in [1.54, 1.807) is 12.1 Å². The molecule has 0 fully saturated rings. The second kappa shape index (κ2) is 4.97. The molecule has 6 heteroatoms. The molecule has 0 bridgehead atoms. The maximum atomic E-state index is 12.3. The molecule has 2 aromatic rings. The fraction of sp³-hybridized carbons (Fsp3) is 0.214. The minimum atomic E-state index is -3.74. The van der Waals surface area contributed by atoms with Crippen LogP contribution in [0.15, 0.2) is 53.7 Å². The summed E-state index contributed by atoms with van der Waals surface area (Å²) in [4.78, 5) is 3.84. The van der Waals surface area contributed by atoms with Crippen LogP contribution in [0.25, 0.3) is 0 Å². The number of nitrogens with one attached hydrogen (secondary N) is 1. The fourth-order valence-corrected chi connectivity index (χ4v) is 3.65. The van der Waals surface area contributed by atoms with E-state index in [1.165, 1.54) is 12.3 Å². The molecule has 0 saturated carbocycles. The van der Waals surface area contributed by atoms with Crippen LogP contribution < -0.4 is 4.72 Å². The summed E-state index contributed by atoms with van der Waals surface area (Å²) in [5.74, 6) is 0. The van der Waals surface area contributed by atoms with Gasteiger partial charge in [0.25, 0.3) is 10.0 Å². The average Bonchev–Trinajstić information content (AvgIpc) is 2.76. The highest BCUT2D eigenvalue weighted by Crippen LogP contribution is 2.32. The Kier molecular flexibility index (Phi) is 3.29. The molecular formula is C14H14N2O3S. The third-order valence-corrected chi connectivity index (χ3v) is 4.76. The fourth-order valence-electron chi connectivity index (χ4n) is 2.45. The average molecular weight is 290 g/mol. The van der Waals surface area contributed by atoms with Crippen molar-refractivity contribution in [3.63, 3.8) is 0 Å². The lowest BCUT2D eigenvalue weighted by atomic mass is 10.1. The number of hydrogen-bond acceptors (Lipinski definition) is 4. The first kappa shape index (κ1) is 13.2. The van der Waals surface area contributed by atoms with Gasteiger partial charge in [-0.3, -0.25) is 0 Å². The second-order valence-corrected chi connectivity index (χ2v) is 6.40. The monoisotopic (exact) mass is 290 g/mol. The summed E-state index contributed by atoms with van der Waals surface area (Å²) in [7, 11) is -3.74. The molecule has 1 aliphatic rings. The van der Waals surface area contributed by atoms with Crippen LogP contribution in [-0.2, 0) is 16.4 Å². The molecule has 0 unspecified atom stereocenters. The first-order valence-electron chi connectivity index (χ1n) is 6.27. The summed E-state index contributed by atoms with van der Waals surface area (Å²) in [5, 5.41) is 10.0. The molecule has 104 valence electrons. The predicted octanol–water partition coefficient (Wildman–Crippen LogP) is 1.02. The van der Waals surface area contributed by atoms with E-state index >= 15 is 0 Å². The van der Waals surface area contributed by atoms with E-state index in [1.807, 2.05) is 24.3 Å². The van der Waals surface area contributed by atoms with E-state index in [4.69, 9.17) is 0 Å². The van der Waals surface area contributed by atoms with Crippen molar-refractivity contribution < 1.29 is 13.5 Å². The highest BCUT2D eigenvalue weighted by Gasteiger charge is 2.34. The molecule has 1 aliphatic carbocycles. The smallest absolute Gasteiger partial charge is 0.258 e. The van der Waals surface area contributed by atoms with Crippen LogP contribution >= 0.6 is 0 Å². The Morgan fingerprint density at radius 1 is 1.15 bits per heavy atom. The zero-order valence-corrected chi connectivity index (χ0v) is 11.4. The first-order chi connectivity index (χ1) is 9.58. The molecule has 2 N–H and O–H groups in total. The largest absolute Gasteiger partial charge is 0.391 e. The van der Waals surface area contributed by atoms with Crippen LogP contribution in [0.1, 0.15) is 17.2 Å². The summed E-state index contributed by atoms with van der Waals surface area (Å²) >= 11 is 0. The maximum absolute atomic E-state index is 12.3. The lowest BCUT2D eigenvalue weighted by molar-refractivity contribution is 0.151. The Balaban J connectivity index is 1.92. The lowest BCUT2D eigenvalue weighted by Gasteiger charge is -2.17. The summed E-state index contributed by atoms with van der Waals surface area (Å²) in [6.45, 7) is 0. The summed E-state index contributed by atoms with van der Waals surface area (Å²) in [5.41, 5.74) is 1.79. The highest BCUT2D eigenvalue weighted by molar-refractivity contribution is 7.89. The Morgan fingerprint density at radius 3 is 2.65 bits per heavy atom. The van der Waals surface area contributed by atoms with E-state index in [-0.39, 0.29) is 5.03 Å². The third kappa shape index (κ3) is 2.33. The van der Waals surface area contributed by atoms with Crippen molar-refractivity contribution in [1.82, 2.24) is 9.71 Å². The summed E-state index contributed by atoms with van der Waals surface area (Å²) in [6, 6.07) is 11.5. The van der Waals surface area contributed by atoms with Crippen molar-refractivity contribution in [1.29, 1.82) is 0 Å². The molecule has 20 heavy (non-hydrogen) atoms. The Bertz CT molecular complexity index is 716. The van der Waals surface area contributed by atoms with Crippen molar-refractivity contribution in [2.24, 2.45) is 0 Å². The number of rotatable bonds is 3. The number of aromatic nitrogens is 1. The Hall–Kier alpha value is -1.76. The summed E-state index contributed by atoms with van der Waals surface area (Å²) < 4.78 is 27.1. The molecule has 3 rings (SSSR count). The molecule has 0 amide bonds. The van der Waals surface area contributed by atoms with Crippen LogP contribution in [0.2, 0.25) is 0 Å². The standard InChI is InChI=1S/C14H14N2O3S/c17-12-9-10-5-1-2-6-11(10)14(12)16-20(18,19)13-7-3-4-8-15-13/h1-8,12,14,16-17H,9H2/t12-,14+/m1/s1. The predicted molar refractivity (Wildman–Crippen MR) is 73.5 cm³/mol. The molecule has 2 atom stereocenters. The van der Waals surface area contributed by atoms with Gasteiger partial charge in [-0.05, 0) is 23.3 Å². The Morgan fingerprint density at radius 2 is 1.90 bits per heavy atom. The van der Waals surface area contributed by atoms with Crippen LogP contribution in [-0.4, -0.2) is 24.6 Å². The number of pyridine rings is 1. The van der Waals surface area contributed by atoms with Gasteiger partial charge in [-0.2, -0.15) is 4.72 Å². The lowest BCUT2D eigenvalue weighted by Crippen LogP contribution is -2.34. The van der Waals surface area contributed by atoms with Gasteiger partial charge in [-0.1, -0.05) is 30.3 Å². The van der Waals surface area contributed by atoms with Crippen molar-refractivity contribution in [3.05, 3.63) is 59.8 Å². The van der Waals surface area contributed by atoms with Crippen LogP contribution in [0.4, 0.5) is 0 Å².